The third-order valence-electron chi connectivity index (χ3n) is 3.62. The van der Waals surface area contributed by atoms with Crippen molar-refractivity contribution in [2.24, 2.45) is 5.41 Å². The van der Waals surface area contributed by atoms with Gasteiger partial charge in [0, 0.05) is 19.7 Å². The molecular formula is C15H21NO. The van der Waals surface area contributed by atoms with Crippen LogP contribution in [0.15, 0.2) is 36.9 Å². The second-order valence-electron chi connectivity index (χ2n) is 5.05. The van der Waals surface area contributed by atoms with Crippen molar-refractivity contribution in [3.8, 4) is 0 Å². The van der Waals surface area contributed by atoms with Crippen LogP contribution in [0.3, 0.4) is 0 Å². The smallest absolute Gasteiger partial charge is 0.0436 e. The van der Waals surface area contributed by atoms with Crippen molar-refractivity contribution in [3.05, 3.63) is 42.5 Å². The average Bonchev–Trinajstić information content (AvgIpc) is 3.11. The summed E-state index contributed by atoms with van der Waals surface area (Å²) >= 11 is 0. The lowest BCUT2D eigenvalue weighted by molar-refractivity contribution is 0.246. The van der Waals surface area contributed by atoms with Gasteiger partial charge < -0.3 is 10.4 Å². The van der Waals surface area contributed by atoms with Crippen LogP contribution in [-0.4, -0.2) is 24.8 Å². The number of aliphatic hydroxyl groups is 1. The van der Waals surface area contributed by atoms with E-state index >= 15 is 0 Å². The first kappa shape index (κ1) is 12.3. The molecule has 1 aliphatic rings. The van der Waals surface area contributed by atoms with Crippen LogP contribution in [0.1, 0.15) is 24.8 Å². The molecule has 0 spiro atoms. The second-order valence-corrected chi connectivity index (χ2v) is 5.05. The van der Waals surface area contributed by atoms with Crippen molar-refractivity contribution < 1.29 is 5.11 Å². The number of rotatable bonds is 7. The number of hydrogen-bond donors (Lipinski definition) is 2. The number of nitrogens with one attached hydrogen (secondary N) is 1. The zero-order valence-corrected chi connectivity index (χ0v) is 10.3. The van der Waals surface area contributed by atoms with E-state index in [1.54, 1.807) is 0 Å². The summed E-state index contributed by atoms with van der Waals surface area (Å²) < 4.78 is 0. The molecule has 17 heavy (non-hydrogen) atoms. The molecule has 2 nitrogen and oxygen atoms in total. The van der Waals surface area contributed by atoms with Crippen LogP contribution in [0.2, 0.25) is 0 Å². The predicted octanol–water partition coefficient (Wildman–Crippen LogP) is 2.45. The van der Waals surface area contributed by atoms with E-state index in [-0.39, 0.29) is 0 Å². The molecule has 1 saturated carbocycles. The van der Waals surface area contributed by atoms with Crippen LogP contribution in [0.4, 0.5) is 0 Å². The van der Waals surface area contributed by atoms with Gasteiger partial charge in [0.05, 0.1) is 0 Å². The lowest BCUT2D eigenvalue weighted by Crippen LogP contribution is -2.26. The van der Waals surface area contributed by atoms with Crippen molar-refractivity contribution in [2.75, 3.05) is 19.7 Å². The van der Waals surface area contributed by atoms with Crippen molar-refractivity contribution in [2.45, 2.75) is 19.3 Å². The summed E-state index contributed by atoms with van der Waals surface area (Å²) in [7, 11) is 0. The standard InChI is InChI=1S/C15H21NO/c1-13(14-5-3-2-4-6-14)11-16-12-15(7-8-15)9-10-17/h2-6,16-17H,1,7-12H2. The number of hydrogen-bond acceptors (Lipinski definition) is 2. The minimum absolute atomic E-state index is 0.307. The van der Waals surface area contributed by atoms with Crippen LogP contribution < -0.4 is 5.32 Å². The topological polar surface area (TPSA) is 32.3 Å². The minimum atomic E-state index is 0.307. The Labute approximate surface area is 103 Å². The van der Waals surface area contributed by atoms with E-state index in [1.807, 2.05) is 18.2 Å². The molecule has 1 aromatic rings. The highest BCUT2D eigenvalue weighted by molar-refractivity contribution is 5.64. The molecule has 0 bridgehead atoms. The molecule has 2 rings (SSSR count). The Kier molecular flexibility index (Phi) is 3.97. The molecule has 0 saturated heterocycles. The normalized spacial score (nSPS) is 16.8. The largest absolute Gasteiger partial charge is 0.396 e. The van der Waals surface area contributed by atoms with Crippen LogP contribution in [0.5, 0.6) is 0 Å². The Balaban J connectivity index is 1.74. The third kappa shape index (κ3) is 3.42. The maximum atomic E-state index is 8.98. The highest BCUT2D eigenvalue weighted by Gasteiger charge is 2.41. The Morgan fingerprint density at radius 3 is 2.59 bits per heavy atom. The van der Waals surface area contributed by atoms with Crippen molar-refractivity contribution in [1.82, 2.24) is 5.32 Å². The molecule has 1 fully saturated rings. The molecule has 0 radical (unpaired) electrons. The summed E-state index contributed by atoms with van der Waals surface area (Å²) in [5.74, 6) is 0. The van der Waals surface area contributed by atoms with E-state index in [9.17, 15) is 0 Å². The van der Waals surface area contributed by atoms with Crippen LogP contribution >= 0.6 is 0 Å². The second kappa shape index (κ2) is 5.48. The molecule has 0 unspecified atom stereocenters. The van der Waals surface area contributed by atoms with E-state index in [4.69, 9.17) is 5.11 Å². The first-order valence-electron chi connectivity index (χ1n) is 6.31. The van der Waals surface area contributed by atoms with Crippen LogP contribution in [0, 0.1) is 5.41 Å². The molecule has 0 amide bonds. The van der Waals surface area contributed by atoms with Gasteiger partial charge in [0.1, 0.15) is 0 Å². The average molecular weight is 231 g/mol. The van der Waals surface area contributed by atoms with Crippen LogP contribution in [0.25, 0.3) is 5.57 Å². The quantitative estimate of drug-likeness (QED) is 0.755. The number of aliphatic hydroxyl groups excluding tert-OH is 1. The van der Waals surface area contributed by atoms with Gasteiger partial charge >= 0.3 is 0 Å². The molecule has 2 heteroatoms. The van der Waals surface area contributed by atoms with E-state index in [0.29, 0.717) is 12.0 Å². The van der Waals surface area contributed by atoms with Gasteiger partial charge in [-0.3, -0.25) is 0 Å². The lowest BCUT2D eigenvalue weighted by atomic mass is 10.0. The molecule has 0 heterocycles. The van der Waals surface area contributed by atoms with E-state index in [2.05, 4.69) is 24.0 Å². The van der Waals surface area contributed by atoms with Crippen molar-refractivity contribution in [3.63, 3.8) is 0 Å². The summed E-state index contributed by atoms with van der Waals surface area (Å²) in [5.41, 5.74) is 2.71. The van der Waals surface area contributed by atoms with E-state index in [1.165, 1.54) is 18.4 Å². The third-order valence-corrected chi connectivity index (χ3v) is 3.62. The molecule has 92 valence electrons. The van der Waals surface area contributed by atoms with Gasteiger partial charge in [-0.1, -0.05) is 36.9 Å². The van der Waals surface area contributed by atoms with Crippen molar-refractivity contribution >= 4 is 5.57 Å². The summed E-state index contributed by atoms with van der Waals surface area (Å²) in [4.78, 5) is 0. The summed E-state index contributed by atoms with van der Waals surface area (Å²) in [6, 6.07) is 10.3. The molecule has 1 aliphatic carbocycles. The van der Waals surface area contributed by atoms with E-state index in [0.717, 1.165) is 25.1 Å². The SMILES string of the molecule is C=C(CNCC1(CCO)CC1)c1ccccc1. The molecule has 0 aromatic heterocycles. The maximum Gasteiger partial charge on any atom is 0.0436 e. The minimum Gasteiger partial charge on any atom is -0.396 e. The van der Waals surface area contributed by atoms with E-state index < -0.39 is 0 Å². The molecule has 1 aromatic carbocycles. The Hall–Kier alpha value is -1.12. The van der Waals surface area contributed by atoms with Gasteiger partial charge in [0.15, 0.2) is 0 Å². The fourth-order valence-corrected chi connectivity index (χ4v) is 2.18. The fraction of sp³-hybridized carbons (Fsp3) is 0.467. The summed E-state index contributed by atoms with van der Waals surface area (Å²) in [6.07, 6.45) is 3.43. The van der Waals surface area contributed by atoms with Crippen molar-refractivity contribution in [1.29, 1.82) is 0 Å². The predicted molar refractivity (Wildman–Crippen MR) is 71.7 cm³/mol. The molecule has 2 N–H and O–H groups in total. The number of benzene rings is 1. The summed E-state index contributed by atoms with van der Waals surface area (Å²) in [5, 5.41) is 12.4. The summed E-state index contributed by atoms with van der Waals surface area (Å²) in [6.45, 7) is 6.24. The van der Waals surface area contributed by atoms with Gasteiger partial charge in [0.25, 0.3) is 0 Å². The maximum absolute atomic E-state index is 8.98. The molecule has 0 atom stereocenters. The Bertz CT molecular complexity index is 368. The highest BCUT2D eigenvalue weighted by Crippen LogP contribution is 2.47. The molecular weight excluding hydrogens is 210 g/mol. The lowest BCUT2D eigenvalue weighted by Gasteiger charge is -2.15. The Morgan fingerprint density at radius 2 is 2.00 bits per heavy atom. The van der Waals surface area contributed by atoms with Gasteiger partial charge in [-0.05, 0) is 35.8 Å². The Morgan fingerprint density at radius 1 is 1.29 bits per heavy atom. The monoisotopic (exact) mass is 231 g/mol. The first-order chi connectivity index (χ1) is 8.26. The zero-order valence-electron chi connectivity index (χ0n) is 10.3. The van der Waals surface area contributed by atoms with Crippen LogP contribution in [-0.2, 0) is 0 Å². The fourth-order valence-electron chi connectivity index (χ4n) is 2.18. The first-order valence-corrected chi connectivity index (χ1v) is 6.31. The van der Waals surface area contributed by atoms with Gasteiger partial charge in [0.2, 0.25) is 0 Å². The zero-order chi connectivity index (χ0) is 12.1. The van der Waals surface area contributed by atoms with Gasteiger partial charge in [-0.25, -0.2) is 0 Å². The van der Waals surface area contributed by atoms with Gasteiger partial charge in [-0.15, -0.1) is 0 Å². The highest BCUT2D eigenvalue weighted by atomic mass is 16.3. The van der Waals surface area contributed by atoms with Gasteiger partial charge in [-0.2, -0.15) is 0 Å². The molecule has 0 aliphatic heterocycles.